The molecule has 2 aromatic carbocycles. The molecule has 0 radical (unpaired) electrons. The highest BCUT2D eigenvalue weighted by Gasteiger charge is 2.21. The lowest BCUT2D eigenvalue weighted by Gasteiger charge is -2.06. The smallest absolute Gasteiger partial charge is 0.00237 e. The third kappa shape index (κ3) is 1.15. The molecule has 0 heterocycles. The van der Waals surface area contributed by atoms with Crippen LogP contribution in [0.4, 0.5) is 0 Å². The van der Waals surface area contributed by atoms with E-state index < -0.39 is 0 Å². The van der Waals surface area contributed by atoms with Crippen LogP contribution in [0.2, 0.25) is 0 Å². The summed E-state index contributed by atoms with van der Waals surface area (Å²) in [7, 11) is 0. The Morgan fingerprint density at radius 2 is 1.56 bits per heavy atom. The van der Waals surface area contributed by atoms with E-state index >= 15 is 0 Å². The molecule has 4 rings (SSSR count). The van der Waals surface area contributed by atoms with Gasteiger partial charge in [-0.05, 0) is 52.0 Å². The summed E-state index contributed by atoms with van der Waals surface area (Å²) < 4.78 is 0. The second-order valence-electron chi connectivity index (χ2n) is 5.03. The van der Waals surface area contributed by atoms with Gasteiger partial charge in [-0.3, -0.25) is 0 Å². The molecular weight excluding hydrogens is 216 g/mol. The minimum Gasteiger partial charge on any atom is -0.0801 e. The second kappa shape index (κ2) is 3.46. The standard InChI is InChI=1S/C18H14/c1-12-10-11-17-15-7-4-2-3-6-14(15)16-9-5-8-13(12)18(16)17/h3-11H,2H2,1H3. The Labute approximate surface area is 107 Å². The number of rotatable bonds is 0. The summed E-state index contributed by atoms with van der Waals surface area (Å²) in [6.45, 7) is 2.19. The Morgan fingerprint density at radius 1 is 0.833 bits per heavy atom. The molecule has 0 aromatic heterocycles. The highest BCUT2D eigenvalue weighted by Crippen LogP contribution is 2.44. The number of allylic oxidation sites excluding steroid dienone is 6. The van der Waals surface area contributed by atoms with Crippen molar-refractivity contribution in [1.29, 1.82) is 0 Å². The van der Waals surface area contributed by atoms with E-state index in [1.807, 2.05) is 0 Å². The van der Waals surface area contributed by atoms with Gasteiger partial charge in [-0.1, -0.05) is 54.6 Å². The van der Waals surface area contributed by atoms with Gasteiger partial charge in [-0.25, -0.2) is 0 Å². The van der Waals surface area contributed by atoms with Crippen LogP contribution in [0, 0.1) is 6.92 Å². The highest BCUT2D eigenvalue weighted by atomic mass is 14.2. The minimum absolute atomic E-state index is 1.03. The van der Waals surface area contributed by atoms with Crippen molar-refractivity contribution in [2.45, 2.75) is 13.3 Å². The normalized spacial score (nSPS) is 16.3. The SMILES string of the molecule is Cc1ccc2c3c(cccc13)C1=C2C=CCC=C1. The Bertz CT molecular complexity index is 727. The van der Waals surface area contributed by atoms with Crippen molar-refractivity contribution in [2.75, 3.05) is 0 Å². The van der Waals surface area contributed by atoms with Gasteiger partial charge in [0.1, 0.15) is 0 Å². The van der Waals surface area contributed by atoms with Gasteiger partial charge in [0.05, 0.1) is 0 Å². The Kier molecular flexibility index (Phi) is 1.90. The van der Waals surface area contributed by atoms with E-state index in [9.17, 15) is 0 Å². The molecule has 18 heavy (non-hydrogen) atoms. The van der Waals surface area contributed by atoms with Crippen LogP contribution in [0.1, 0.15) is 23.1 Å². The van der Waals surface area contributed by atoms with Gasteiger partial charge in [-0.2, -0.15) is 0 Å². The first-order valence-corrected chi connectivity index (χ1v) is 6.47. The summed E-state index contributed by atoms with van der Waals surface area (Å²) in [4.78, 5) is 0. The van der Waals surface area contributed by atoms with Crippen molar-refractivity contribution in [3.63, 3.8) is 0 Å². The Hall–Kier alpha value is -2.08. The van der Waals surface area contributed by atoms with Gasteiger partial charge < -0.3 is 0 Å². The molecular formula is C18H14. The van der Waals surface area contributed by atoms with Crippen molar-refractivity contribution in [1.82, 2.24) is 0 Å². The number of hydrogen-bond donors (Lipinski definition) is 0. The van der Waals surface area contributed by atoms with Crippen LogP contribution < -0.4 is 0 Å². The maximum absolute atomic E-state index is 2.28. The van der Waals surface area contributed by atoms with E-state index in [4.69, 9.17) is 0 Å². The molecule has 86 valence electrons. The van der Waals surface area contributed by atoms with Gasteiger partial charge >= 0.3 is 0 Å². The van der Waals surface area contributed by atoms with Crippen LogP contribution in [0.3, 0.4) is 0 Å². The van der Waals surface area contributed by atoms with Crippen molar-refractivity contribution in [2.24, 2.45) is 0 Å². The van der Waals surface area contributed by atoms with Gasteiger partial charge in [0, 0.05) is 0 Å². The number of hydrogen-bond acceptors (Lipinski definition) is 0. The predicted octanol–water partition coefficient (Wildman–Crippen LogP) is 4.89. The first kappa shape index (κ1) is 9.90. The number of benzene rings is 2. The van der Waals surface area contributed by atoms with Crippen molar-refractivity contribution in [3.8, 4) is 0 Å². The van der Waals surface area contributed by atoms with E-state index in [-0.39, 0.29) is 0 Å². The fraction of sp³-hybridized carbons (Fsp3) is 0.111. The molecule has 0 spiro atoms. The van der Waals surface area contributed by atoms with Crippen molar-refractivity contribution in [3.05, 3.63) is 71.3 Å². The average molecular weight is 230 g/mol. The second-order valence-corrected chi connectivity index (χ2v) is 5.03. The van der Waals surface area contributed by atoms with Gasteiger partial charge in [0.15, 0.2) is 0 Å². The Balaban J connectivity index is 2.19. The molecule has 0 bridgehead atoms. The molecule has 2 aliphatic rings. The zero-order chi connectivity index (χ0) is 12.1. The monoisotopic (exact) mass is 230 g/mol. The van der Waals surface area contributed by atoms with Gasteiger partial charge in [-0.15, -0.1) is 0 Å². The third-order valence-corrected chi connectivity index (χ3v) is 3.97. The molecule has 0 N–H and O–H groups in total. The zero-order valence-electron chi connectivity index (χ0n) is 10.4. The largest absolute Gasteiger partial charge is 0.0801 e. The first-order valence-electron chi connectivity index (χ1n) is 6.47. The highest BCUT2D eigenvalue weighted by molar-refractivity contribution is 6.18. The number of aryl methyl sites for hydroxylation is 1. The van der Waals surface area contributed by atoms with Crippen LogP contribution >= 0.6 is 0 Å². The quantitative estimate of drug-likeness (QED) is 0.604. The first-order chi connectivity index (χ1) is 8.86. The molecule has 2 aromatic rings. The summed E-state index contributed by atoms with van der Waals surface area (Å²) in [5.74, 6) is 0. The minimum atomic E-state index is 1.03. The summed E-state index contributed by atoms with van der Waals surface area (Å²) >= 11 is 0. The van der Waals surface area contributed by atoms with Crippen LogP contribution in [0.15, 0.2) is 54.6 Å². The maximum Gasteiger partial charge on any atom is -0.00237 e. The average Bonchev–Trinajstić information content (AvgIpc) is 2.57. The van der Waals surface area contributed by atoms with Crippen molar-refractivity contribution < 1.29 is 0 Å². The summed E-state index contributed by atoms with van der Waals surface area (Å²) in [6, 6.07) is 11.2. The molecule has 0 heteroatoms. The third-order valence-electron chi connectivity index (χ3n) is 3.97. The topological polar surface area (TPSA) is 0 Å². The molecule has 0 amide bonds. The lowest BCUT2D eigenvalue weighted by atomic mass is 9.98. The molecule has 0 fully saturated rings. The van der Waals surface area contributed by atoms with Crippen LogP contribution in [0.25, 0.3) is 21.9 Å². The Morgan fingerprint density at radius 3 is 2.33 bits per heavy atom. The van der Waals surface area contributed by atoms with Crippen LogP contribution in [0.5, 0.6) is 0 Å². The van der Waals surface area contributed by atoms with E-state index in [0.717, 1.165) is 6.42 Å². The van der Waals surface area contributed by atoms with Gasteiger partial charge in [0.2, 0.25) is 0 Å². The molecule has 0 saturated carbocycles. The van der Waals surface area contributed by atoms with Crippen LogP contribution in [-0.4, -0.2) is 0 Å². The van der Waals surface area contributed by atoms with Crippen molar-refractivity contribution >= 4 is 21.9 Å². The molecule has 2 aliphatic carbocycles. The van der Waals surface area contributed by atoms with E-state index in [1.54, 1.807) is 0 Å². The fourth-order valence-corrected chi connectivity index (χ4v) is 3.10. The maximum atomic E-state index is 2.28. The number of fused-ring (bicyclic) bond motifs is 2. The molecule has 0 saturated heterocycles. The summed E-state index contributed by atoms with van der Waals surface area (Å²) in [5.41, 5.74) is 6.92. The lowest BCUT2D eigenvalue weighted by Crippen LogP contribution is -1.84. The van der Waals surface area contributed by atoms with Crippen LogP contribution in [-0.2, 0) is 0 Å². The van der Waals surface area contributed by atoms with E-state index in [0.29, 0.717) is 0 Å². The summed E-state index contributed by atoms with van der Waals surface area (Å²) in [6.07, 6.45) is 10.1. The zero-order valence-corrected chi connectivity index (χ0v) is 10.4. The lowest BCUT2D eigenvalue weighted by molar-refractivity contribution is 1.40. The fourth-order valence-electron chi connectivity index (χ4n) is 3.10. The molecule has 0 unspecified atom stereocenters. The van der Waals surface area contributed by atoms with E-state index in [2.05, 4.69) is 61.6 Å². The van der Waals surface area contributed by atoms with E-state index in [1.165, 1.54) is 38.6 Å². The summed E-state index contributed by atoms with van der Waals surface area (Å²) in [5, 5.41) is 2.82. The molecule has 0 nitrogen and oxygen atoms in total. The predicted molar refractivity (Wildman–Crippen MR) is 78.4 cm³/mol. The molecule has 0 atom stereocenters. The molecule has 0 aliphatic heterocycles. The van der Waals surface area contributed by atoms with Gasteiger partial charge in [0.25, 0.3) is 0 Å².